The van der Waals surface area contributed by atoms with Crippen LogP contribution in [0.2, 0.25) is 0 Å². The molecule has 0 aliphatic carbocycles. The fourth-order valence-corrected chi connectivity index (χ4v) is 3.60. The zero-order chi connectivity index (χ0) is 15.7. The number of hydrogen-bond acceptors (Lipinski definition) is 2. The molecule has 1 aromatic rings. The van der Waals surface area contributed by atoms with Gasteiger partial charge in [-0.05, 0) is 51.5 Å². The lowest BCUT2D eigenvalue weighted by atomic mass is 9.95. The summed E-state index contributed by atoms with van der Waals surface area (Å²) in [6.45, 7) is 3.13. The van der Waals surface area contributed by atoms with Gasteiger partial charge in [-0.25, -0.2) is 0 Å². The van der Waals surface area contributed by atoms with E-state index >= 15 is 0 Å². The Morgan fingerprint density at radius 1 is 1.25 bits per heavy atom. The second-order valence-corrected chi connectivity index (χ2v) is 6.75. The van der Waals surface area contributed by atoms with Gasteiger partial charge in [-0.2, -0.15) is 8.78 Å². The lowest BCUT2D eigenvalue weighted by Gasteiger charge is -2.23. The summed E-state index contributed by atoms with van der Waals surface area (Å²) < 4.78 is 38.8. The van der Waals surface area contributed by atoms with E-state index in [1.54, 1.807) is 13.8 Å². The normalized spacial score (nSPS) is 12.8. The molecule has 0 radical (unpaired) electrons. The van der Waals surface area contributed by atoms with E-state index < -0.39 is 18.8 Å². The number of aliphatic hydroxyl groups excluding tert-OH is 1. The molecule has 8 heteroatoms. The molecule has 1 aromatic carbocycles. The van der Waals surface area contributed by atoms with Crippen LogP contribution in [0.1, 0.15) is 36.1 Å². The number of hydrogen-bond donors (Lipinski definition) is 3. The number of aryl methyl sites for hydroxylation is 1. The van der Waals surface area contributed by atoms with E-state index in [0.717, 1.165) is 6.07 Å². The average molecular weight is 373 g/mol. The highest BCUT2D eigenvalue weighted by Crippen LogP contribution is 2.61. The molecular formula is C12H16BrF2O4P. The molecule has 0 aromatic heterocycles. The van der Waals surface area contributed by atoms with Crippen LogP contribution in [-0.2, 0) is 29.7 Å². The summed E-state index contributed by atoms with van der Waals surface area (Å²) in [6.07, 6.45) is 0.731. The van der Waals surface area contributed by atoms with E-state index in [2.05, 4.69) is 15.9 Å². The molecule has 0 saturated heterocycles. The molecule has 0 spiro atoms. The van der Waals surface area contributed by atoms with Gasteiger partial charge in [0.1, 0.15) is 0 Å². The fraction of sp³-hybridized carbons (Fsp3) is 0.500. The van der Waals surface area contributed by atoms with Crippen molar-refractivity contribution in [2.75, 3.05) is 0 Å². The maximum Gasteiger partial charge on any atom is 0.399 e. The van der Waals surface area contributed by atoms with Crippen molar-refractivity contribution in [3.8, 4) is 0 Å². The molecule has 20 heavy (non-hydrogen) atoms. The molecule has 0 fully saturated rings. The Kier molecular flexibility index (Phi) is 5.49. The Bertz CT molecular complexity index is 557. The smallest absolute Gasteiger partial charge is 0.392 e. The molecule has 0 saturated carbocycles. The van der Waals surface area contributed by atoms with Crippen molar-refractivity contribution in [2.24, 2.45) is 0 Å². The third-order valence-corrected chi connectivity index (χ3v) is 5.03. The van der Waals surface area contributed by atoms with Gasteiger partial charge in [0.15, 0.2) is 0 Å². The Morgan fingerprint density at radius 3 is 2.15 bits per heavy atom. The van der Waals surface area contributed by atoms with Gasteiger partial charge in [0.2, 0.25) is 0 Å². The van der Waals surface area contributed by atoms with Crippen LogP contribution in [0, 0.1) is 0 Å². The second kappa shape index (κ2) is 6.20. The molecule has 4 nitrogen and oxygen atoms in total. The number of rotatable bonds is 5. The fourth-order valence-electron chi connectivity index (χ4n) is 2.07. The molecule has 0 amide bonds. The molecular weight excluding hydrogens is 357 g/mol. The van der Waals surface area contributed by atoms with Crippen molar-refractivity contribution in [2.45, 2.75) is 39.0 Å². The minimum absolute atomic E-state index is 0.0606. The largest absolute Gasteiger partial charge is 0.399 e. The topological polar surface area (TPSA) is 77.8 Å². The van der Waals surface area contributed by atoms with Gasteiger partial charge in [-0.15, -0.1) is 0 Å². The molecule has 0 heterocycles. The van der Waals surface area contributed by atoms with Crippen molar-refractivity contribution in [1.29, 1.82) is 0 Å². The first kappa shape index (κ1) is 17.7. The molecule has 1 rings (SSSR count). The van der Waals surface area contributed by atoms with E-state index in [1.807, 2.05) is 0 Å². The lowest BCUT2D eigenvalue weighted by Crippen LogP contribution is -2.17. The first-order chi connectivity index (χ1) is 9.11. The molecule has 0 bridgehead atoms. The van der Waals surface area contributed by atoms with Gasteiger partial charge in [-0.3, -0.25) is 4.57 Å². The zero-order valence-electron chi connectivity index (χ0n) is 11.0. The maximum absolute atomic E-state index is 13.9. The summed E-state index contributed by atoms with van der Waals surface area (Å²) in [5.41, 5.74) is -3.59. The van der Waals surface area contributed by atoms with Crippen LogP contribution >= 0.6 is 23.5 Å². The summed E-state index contributed by atoms with van der Waals surface area (Å²) in [5.74, 6) is 0. The van der Waals surface area contributed by atoms with Gasteiger partial charge >= 0.3 is 13.3 Å². The van der Waals surface area contributed by atoms with Gasteiger partial charge in [0.25, 0.3) is 0 Å². The lowest BCUT2D eigenvalue weighted by molar-refractivity contribution is 0.0555. The predicted octanol–water partition coefficient (Wildman–Crippen LogP) is 3.29. The van der Waals surface area contributed by atoms with Crippen molar-refractivity contribution in [3.05, 3.63) is 32.8 Å². The zero-order valence-corrected chi connectivity index (χ0v) is 13.5. The third kappa shape index (κ3) is 2.97. The molecule has 0 aliphatic heterocycles. The standard InChI is InChI=1S/C12H16BrF2O4P/c1-3-7-5-10(12(14,15)20(17,18)19)11(13)8(4-2)9(7)6-16/h5,16H,3-4,6H2,1-2H3,(H2,17,18,19). The van der Waals surface area contributed by atoms with Crippen LogP contribution in [0.25, 0.3) is 0 Å². The quantitative estimate of drug-likeness (QED) is 0.693. The molecule has 0 aliphatic rings. The van der Waals surface area contributed by atoms with Crippen LogP contribution in [-0.4, -0.2) is 14.9 Å². The number of aliphatic hydroxyl groups is 1. The predicted molar refractivity (Wildman–Crippen MR) is 74.8 cm³/mol. The van der Waals surface area contributed by atoms with Crippen LogP contribution in [0.4, 0.5) is 8.78 Å². The van der Waals surface area contributed by atoms with Crippen LogP contribution in [0.3, 0.4) is 0 Å². The minimum atomic E-state index is -5.63. The summed E-state index contributed by atoms with van der Waals surface area (Å²) >= 11 is 2.99. The first-order valence-electron chi connectivity index (χ1n) is 5.99. The van der Waals surface area contributed by atoms with E-state index in [-0.39, 0.29) is 11.1 Å². The summed E-state index contributed by atoms with van der Waals surface area (Å²) in [7, 11) is -5.63. The maximum atomic E-state index is 13.9. The molecule has 0 atom stereocenters. The Morgan fingerprint density at radius 2 is 1.80 bits per heavy atom. The summed E-state index contributed by atoms with van der Waals surface area (Å²) in [4.78, 5) is 17.7. The highest BCUT2D eigenvalue weighted by atomic mass is 79.9. The highest BCUT2D eigenvalue weighted by Gasteiger charge is 2.52. The molecule has 3 N–H and O–H groups in total. The SMILES string of the molecule is CCc1cc(C(F)(F)P(=O)(O)O)c(Br)c(CC)c1CO. The van der Waals surface area contributed by atoms with Crippen molar-refractivity contribution in [1.82, 2.24) is 0 Å². The second-order valence-electron chi connectivity index (χ2n) is 4.30. The average Bonchev–Trinajstić information content (AvgIpc) is 2.36. The number of alkyl halides is 2. The van der Waals surface area contributed by atoms with Crippen molar-refractivity contribution >= 4 is 23.5 Å². The monoisotopic (exact) mass is 372 g/mol. The van der Waals surface area contributed by atoms with E-state index in [1.165, 1.54) is 0 Å². The van der Waals surface area contributed by atoms with Gasteiger partial charge in [0.05, 0.1) is 6.61 Å². The Hall–Kier alpha value is -0.330. The molecule has 114 valence electrons. The van der Waals surface area contributed by atoms with E-state index in [0.29, 0.717) is 29.5 Å². The Balaban J connectivity index is 3.70. The number of benzene rings is 1. The minimum Gasteiger partial charge on any atom is -0.392 e. The summed E-state index contributed by atoms with van der Waals surface area (Å²) in [5, 5.41) is 9.38. The van der Waals surface area contributed by atoms with Crippen LogP contribution < -0.4 is 0 Å². The van der Waals surface area contributed by atoms with E-state index in [4.69, 9.17) is 9.79 Å². The van der Waals surface area contributed by atoms with Gasteiger partial charge in [0, 0.05) is 10.0 Å². The van der Waals surface area contributed by atoms with Gasteiger partial charge < -0.3 is 14.9 Å². The van der Waals surface area contributed by atoms with Crippen LogP contribution in [0.15, 0.2) is 10.5 Å². The Labute approximate surface area is 124 Å². The summed E-state index contributed by atoms with van der Waals surface area (Å²) in [6, 6.07) is 1.05. The first-order valence-corrected chi connectivity index (χ1v) is 8.40. The van der Waals surface area contributed by atoms with Gasteiger partial charge in [-0.1, -0.05) is 13.8 Å². The third-order valence-electron chi connectivity index (χ3n) is 3.15. The van der Waals surface area contributed by atoms with Crippen LogP contribution in [0.5, 0.6) is 0 Å². The van der Waals surface area contributed by atoms with Crippen molar-refractivity contribution in [3.63, 3.8) is 0 Å². The van der Waals surface area contributed by atoms with Crippen molar-refractivity contribution < 1.29 is 28.2 Å². The molecule has 0 unspecified atom stereocenters. The highest BCUT2D eigenvalue weighted by molar-refractivity contribution is 9.10. The number of halogens is 3. The van der Waals surface area contributed by atoms with E-state index in [9.17, 15) is 18.5 Å².